The summed E-state index contributed by atoms with van der Waals surface area (Å²) in [4.78, 5) is 24.3. The van der Waals surface area contributed by atoms with Crippen molar-refractivity contribution in [2.24, 2.45) is 0 Å². The molecule has 1 aliphatic rings. The maximum absolute atomic E-state index is 12.3. The molecule has 0 radical (unpaired) electrons. The Morgan fingerprint density at radius 3 is 2.74 bits per heavy atom. The fraction of sp³-hybridized carbons (Fsp3) is 0.333. The largest absolute Gasteiger partial charge is 0.464 e. The summed E-state index contributed by atoms with van der Waals surface area (Å²) in [5.74, 6) is -0.122. The number of hydrogen-bond donors (Lipinski definition) is 1. The zero-order valence-corrected chi connectivity index (χ0v) is 13.1. The molecule has 0 saturated heterocycles. The summed E-state index contributed by atoms with van der Waals surface area (Å²) in [5, 5.41) is 4.74. The molecule has 1 saturated carbocycles. The van der Waals surface area contributed by atoms with Gasteiger partial charge in [-0.05, 0) is 43.9 Å². The number of carbonyl (C=O) groups is 1. The van der Waals surface area contributed by atoms with E-state index in [9.17, 15) is 9.59 Å². The molecule has 5 nitrogen and oxygen atoms in total. The molecule has 0 unspecified atom stereocenters. The lowest BCUT2D eigenvalue weighted by atomic mass is 10.0. The normalized spacial score (nSPS) is 14.5. The van der Waals surface area contributed by atoms with Gasteiger partial charge >= 0.3 is 5.63 Å². The van der Waals surface area contributed by atoms with Crippen LogP contribution in [0.1, 0.15) is 29.5 Å². The average Bonchev–Trinajstić information content (AvgIpc) is 3.25. The number of fused-ring (bicyclic) bond motifs is 2. The van der Waals surface area contributed by atoms with Crippen molar-refractivity contribution in [1.82, 2.24) is 5.32 Å². The highest BCUT2D eigenvalue weighted by molar-refractivity contribution is 5.96. The Morgan fingerprint density at radius 2 is 2.00 bits per heavy atom. The van der Waals surface area contributed by atoms with Gasteiger partial charge in [-0.3, -0.25) is 4.79 Å². The molecule has 1 amide bonds. The smallest absolute Gasteiger partial charge is 0.340 e. The number of carbonyl (C=O) groups excluding carboxylic acids is 1. The van der Waals surface area contributed by atoms with Crippen LogP contribution in [0.2, 0.25) is 0 Å². The van der Waals surface area contributed by atoms with E-state index >= 15 is 0 Å². The first kappa shape index (κ1) is 14.1. The zero-order valence-electron chi connectivity index (χ0n) is 13.1. The van der Waals surface area contributed by atoms with Gasteiger partial charge in [0.2, 0.25) is 5.91 Å². The van der Waals surface area contributed by atoms with Gasteiger partial charge in [0, 0.05) is 22.9 Å². The van der Waals surface area contributed by atoms with Gasteiger partial charge in [-0.2, -0.15) is 0 Å². The van der Waals surface area contributed by atoms with E-state index in [1.54, 1.807) is 12.3 Å². The van der Waals surface area contributed by atoms with Gasteiger partial charge in [0.15, 0.2) is 0 Å². The highest BCUT2D eigenvalue weighted by atomic mass is 16.4. The Kier molecular flexibility index (Phi) is 3.04. The van der Waals surface area contributed by atoms with Crippen molar-refractivity contribution in [1.29, 1.82) is 0 Å². The van der Waals surface area contributed by atoms with Gasteiger partial charge in [0.25, 0.3) is 0 Å². The summed E-state index contributed by atoms with van der Waals surface area (Å²) in [6.07, 6.45) is 3.79. The molecule has 0 spiro atoms. The summed E-state index contributed by atoms with van der Waals surface area (Å²) in [6, 6.07) is 3.98. The molecule has 4 rings (SSSR count). The first-order chi connectivity index (χ1) is 11.0. The van der Waals surface area contributed by atoms with E-state index in [4.69, 9.17) is 8.83 Å². The van der Waals surface area contributed by atoms with Crippen molar-refractivity contribution in [3.63, 3.8) is 0 Å². The third kappa shape index (κ3) is 2.42. The van der Waals surface area contributed by atoms with Gasteiger partial charge in [0.1, 0.15) is 11.2 Å². The SMILES string of the molecule is Cc1coc2cc3oc(=O)c(CC(=O)NC4CC4)c(C)c3cc12. The van der Waals surface area contributed by atoms with Crippen molar-refractivity contribution in [3.05, 3.63) is 45.5 Å². The van der Waals surface area contributed by atoms with Crippen LogP contribution in [0.3, 0.4) is 0 Å². The predicted molar refractivity (Wildman–Crippen MR) is 86.6 cm³/mol. The second kappa shape index (κ2) is 4.98. The quantitative estimate of drug-likeness (QED) is 0.755. The number of furan rings is 1. The van der Waals surface area contributed by atoms with Gasteiger partial charge in [-0.15, -0.1) is 0 Å². The topological polar surface area (TPSA) is 72.5 Å². The molecule has 1 aliphatic carbocycles. The number of hydrogen-bond acceptors (Lipinski definition) is 4. The first-order valence-corrected chi connectivity index (χ1v) is 7.76. The molecule has 0 bridgehead atoms. The van der Waals surface area contributed by atoms with E-state index in [0.29, 0.717) is 16.7 Å². The lowest BCUT2D eigenvalue weighted by Gasteiger charge is -2.08. The van der Waals surface area contributed by atoms with E-state index in [-0.39, 0.29) is 18.4 Å². The highest BCUT2D eigenvalue weighted by Gasteiger charge is 2.24. The predicted octanol–water partition coefficient (Wildman–Crippen LogP) is 2.98. The van der Waals surface area contributed by atoms with Crippen LogP contribution in [0.5, 0.6) is 0 Å². The molecule has 0 aliphatic heterocycles. The van der Waals surface area contributed by atoms with Crippen LogP contribution in [0, 0.1) is 13.8 Å². The first-order valence-electron chi connectivity index (χ1n) is 7.76. The molecule has 5 heteroatoms. The fourth-order valence-electron chi connectivity index (χ4n) is 2.91. The van der Waals surface area contributed by atoms with E-state index in [0.717, 1.165) is 34.7 Å². The highest BCUT2D eigenvalue weighted by Crippen LogP contribution is 2.29. The number of aryl methyl sites for hydroxylation is 2. The molecule has 2 heterocycles. The minimum Gasteiger partial charge on any atom is -0.464 e. The summed E-state index contributed by atoms with van der Waals surface area (Å²) >= 11 is 0. The second-order valence-electron chi connectivity index (χ2n) is 6.27. The van der Waals surface area contributed by atoms with E-state index in [1.165, 1.54) is 0 Å². The van der Waals surface area contributed by atoms with Gasteiger partial charge in [-0.1, -0.05) is 0 Å². The Bertz CT molecular complexity index is 992. The minimum absolute atomic E-state index is 0.0585. The summed E-state index contributed by atoms with van der Waals surface area (Å²) in [7, 11) is 0. The Hall–Kier alpha value is -2.56. The van der Waals surface area contributed by atoms with Crippen molar-refractivity contribution in [3.8, 4) is 0 Å². The molecule has 1 N–H and O–H groups in total. The molecule has 2 aromatic heterocycles. The van der Waals surface area contributed by atoms with Crippen LogP contribution >= 0.6 is 0 Å². The maximum Gasteiger partial charge on any atom is 0.340 e. The lowest BCUT2D eigenvalue weighted by Crippen LogP contribution is -2.29. The molecule has 0 atom stereocenters. The number of nitrogens with one attached hydrogen (secondary N) is 1. The molecule has 118 valence electrons. The fourth-order valence-corrected chi connectivity index (χ4v) is 2.91. The maximum atomic E-state index is 12.3. The summed E-state index contributed by atoms with van der Waals surface area (Å²) in [6.45, 7) is 3.83. The average molecular weight is 311 g/mol. The third-order valence-electron chi connectivity index (χ3n) is 4.45. The van der Waals surface area contributed by atoms with Gasteiger partial charge < -0.3 is 14.2 Å². The van der Waals surface area contributed by atoms with Crippen LogP contribution < -0.4 is 10.9 Å². The van der Waals surface area contributed by atoms with Crippen molar-refractivity contribution >= 4 is 27.8 Å². The van der Waals surface area contributed by atoms with Gasteiger partial charge in [0.05, 0.1) is 18.2 Å². The van der Waals surface area contributed by atoms with Crippen molar-refractivity contribution in [2.75, 3.05) is 0 Å². The monoisotopic (exact) mass is 311 g/mol. The van der Waals surface area contributed by atoms with Crippen LogP contribution in [-0.2, 0) is 11.2 Å². The van der Waals surface area contributed by atoms with E-state index < -0.39 is 5.63 Å². The number of amides is 1. The molecular formula is C18H17NO4. The van der Waals surface area contributed by atoms with E-state index in [1.807, 2.05) is 19.9 Å². The van der Waals surface area contributed by atoms with Crippen LogP contribution in [-0.4, -0.2) is 11.9 Å². The Labute approximate surface area is 132 Å². The zero-order chi connectivity index (χ0) is 16.1. The van der Waals surface area contributed by atoms with Crippen LogP contribution in [0.15, 0.2) is 32.0 Å². The number of rotatable bonds is 3. The van der Waals surface area contributed by atoms with E-state index in [2.05, 4.69) is 5.32 Å². The molecule has 23 heavy (non-hydrogen) atoms. The second-order valence-corrected chi connectivity index (χ2v) is 6.27. The lowest BCUT2D eigenvalue weighted by molar-refractivity contribution is -0.120. The summed E-state index contributed by atoms with van der Waals surface area (Å²) < 4.78 is 10.9. The van der Waals surface area contributed by atoms with Crippen LogP contribution in [0.4, 0.5) is 0 Å². The molecule has 1 aromatic carbocycles. The van der Waals surface area contributed by atoms with Crippen LogP contribution in [0.25, 0.3) is 21.9 Å². The van der Waals surface area contributed by atoms with Crippen molar-refractivity contribution in [2.45, 2.75) is 39.2 Å². The Morgan fingerprint density at radius 1 is 1.22 bits per heavy atom. The van der Waals surface area contributed by atoms with Crippen molar-refractivity contribution < 1.29 is 13.6 Å². The summed E-state index contributed by atoms with van der Waals surface area (Å²) in [5.41, 5.74) is 2.97. The van der Waals surface area contributed by atoms with Gasteiger partial charge in [-0.25, -0.2) is 4.79 Å². The molecule has 1 fully saturated rings. The molecule has 3 aromatic rings. The standard InChI is InChI=1S/C18H17NO4/c1-9-8-22-15-7-16-13(5-12(9)15)10(2)14(18(21)23-16)6-17(20)19-11-3-4-11/h5,7-8,11H,3-4,6H2,1-2H3,(H,19,20). The number of benzene rings is 1. The third-order valence-corrected chi connectivity index (χ3v) is 4.45. The minimum atomic E-state index is -0.455. The molecular weight excluding hydrogens is 294 g/mol. The Balaban J connectivity index is 1.83.